The molecule has 15 heavy (non-hydrogen) atoms. The van der Waals surface area contributed by atoms with E-state index >= 15 is 0 Å². The van der Waals surface area contributed by atoms with Crippen molar-refractivity contribution < 1.29 is 9.84 Å². The Morgan fingerprint density at radius 3 is 2.53 bits per heavy atom. The lowest BCUT2D eigenvalue weighted by Gasteiger charge is -2.27. The van der Waals surface area contributed by atoms with E-state index in [4.69, 9.17) is 10.5 Å². The molecular formula is C12H19NO2. The van der Waals surface area contributed by atoms with Crippen LogP contribution in [-0.2, 0) is 4.74 Å². The molecule has 3 nitrogen and oxygen atoms in total. The van der Waals surface area contributed by atoms with Crippen LogP contribution in [0.25, 0.3) is 0 Å². The molecule has 1 atom stereocenters. The van der Waals surface area contributed by atoms with Gasteiger partial charge in [-0.15, -0.1) is 0 Å². The van der Waals surface area contributed by atoms with Gasteiger partial charge in [-0.25, -0.2) is 0 Å². The van der Waals surface area contributed by atoms with Gasteiger partial charge in [-0.3, -0.25) is 0 Å². The molecule has 0 aromatic heterocycles. The Labute approximate surface area is 90.9 Å². The molecule has 1 aromatic carbocycles. The summed E-state index contributed by atoms with van der Waals surface area (Å²) in [6.45, 7) is 6.36. The van der Waals surface area contributed by atoms with Crippen LogP contribution in [0.2, 0.25) is 0 Å². The summed E-state index contributed by atoms with van der Waals surface area (Å²) in [4.78, 5) is 0. The summed E-state index contributed by atoms with van der Waals surface area (Å²) in [5.74, 6) is 0.239. The lowest BCUT2D eigenvalue weighted by Crippen LogP contribution is -2.27. The van der Waals surface area contributed by atoms with Gasteiger partial charge >= 0.3 is 0 Å². The zero-order valence-electron chi connectivity index (χ0n) is 9.53. The number of phenolic OH excluding ortho intramolecular Hbond substituents is 1. The first-order valence-electron chi connectivity index (χ1n) is 5.09. The standard InChI is InChI=1S/C12H19NO2/c1-12(2,3)15-11(8-13)9-5-4-6-10(14)7-9/h4-7,11,14H,8,13H2,1-3H3. The van der Waals surface area contributed by atoms with Gasteiger partial charge in [0.2, 0.25) is 0 Å². The van der Waals surface area contributed by atoms with Crippen LogP contribution in [-0.4, -0.2) is 17.3 Å². The zero-order valence-corrected chi connectivity index (χ0v) is 9.53. The Morgan fingerprint density at radius 2 is 2.07 bits per heavy atom. The number of phenols is 1. The van der Waals surface area contributed by atoms with E-state index in [1.165, 1.54) is 0 Å². The van der Waals surface area contributed by atoms with Gasteiger partial charge in [-0.05, 0) is 38.5 Å². The second kappa shape index (κ2) is 4.64. The van der Waals surface area contributed by atoms with Crippen molar-refractivity contribution in [3.8, 4) is 5.75 Å². The van der Waals surface area contributed by atoms with Crippen molar-refractivity contribution in [2.75, 3.05) is 6.54 Å². The normalized spacial score (nSPS) is 13.9. The molecule has 3 N–H and O–H groups in total. The number of benzene rings is 1. The second-order valence-corrected chi connectivity index (χ2v) is 4.55. The first kappa shape index (κ1) is 12.0. The lowest BCUT2D eigenvalue weighted by atomic mass is 10.1. The summed E-state index contributed by atoms with van der Waals surface area (Å²) in [5.41, 5.74) is 6.32. The first-order valence-corrected chi connectivity index (χ1v) is 5.09. The summed E-state index contributed by atoms with van der Waals surface area (Å²) >= 11 is 0. The van der Waals surface area contributed by atoms with Gasteiger partial charge in [0.1, 0.15) is 5.75 Å². The molecule has 0 aliphatic carbocycles. The topological polar surface area (TPSA) is 55.5 Å². The van der Waals surface area contributed by atoms with E-state index in [1.807, 2.05) is 26.8 Å². The molecule has 1 aromatic rings. The minimum Gasteiger partial charge on any atom is -0.508 e. The van der Waals surface area contributed by atoms with Gasteiger partial charge in [0.15, 0.2) is 0 Å². The molecule has 0 saturated heterocycles. The highest BCUT2D eigenvalue weighted by molar-refractivity contribution is 5.28. The van der Waals surface area contributed by atoms with E-state index in [2.05, 4.69) is 0 Å². The summed E-state index contributed by atoms with van der Waals surface area (Å²) in [7, 11) is 0. The van der Waals surface area contributed by atoms with Crippen molar-refractivity contribution in [1.82, 2.24) is 0 Å². The summed E-state index contributed by atoms with van der Waals surface area (Å²) < 4.78 is 5.79. The lowest BCUT2D eigenvalue weighted by molar-refractivity contribution is -0.0573. The van der Waals surface area contributed by atoms with E-state index in [0.29, 0.717) is 6.54 Å². The Morgan fingerprint density at radius 1 is 1.40 bits per heavy atom. The fourth-order valence-electron chi connectivity index (χ4n) is 1.40. The summed E-state index contributed by atoms with van der Waals surface area (Å²) in [5, 5.41) is 9.36. The maximum absolute atomic E-state index is 9.36. The van der Waals surface area contributed by atoms with E-state index in [1.54, 1.807) is 18.2 Å². The molecule has 3 heteroatoms. The maximum atomic E-state index is 9.36. The highest BCUT2D eigenvalue weighted by Gasteiger charge is 2.19. The molecule has 0 saturated carbocycles. The van der Waals surface area contributed by atoms with Gasteiger partial charge in [0.25, 0.3) is 0 Å². The maximum Gasteiger partial charge on any atom is 0.115 e. The summed E-state index contributed by atoms with van der Waals surface area (Å²) in [6.07, 6.45) is -0.169. The molecular weight excluding hydrogens is 190 g/mol. The van der Waals surface area contributed by atoms with Crippen LogP contribution in [0, 0.1) is 0 Å². The van der Waals surface area contributed by atoms with Crippen LogP contribution in [0.4, 0.5) is 0 Å². The Kier molecular flexibility index (Phi) is 3.72. The van der Waals surface area contributed by atoms with Gasteiger partial charge in [-0.1, -0.05) is 12.1 Å². The Balaban J connectivity index is 2.83. The fourth-order valence-corrected chi connectivity index (χ4v) is 1.40. The first-order chi connectivity index (χ1) is 6.92. The van der Waals surface area contributed by atoms with Crippen molar-refractivity contribution in [2.24, 2.45) is 5.73 Å². The van der Waals surface area contributed by atoms with Crippen LogP contribution in [0.15, 0.2) is 24.3 Å². The van der Waals surface area contributed by atoms with Gasteiger partial charge in [0, 0.05) is 6.54 Å². The van der Waals surface area contributed by atoms with E-state index in [9.17, 15) is 5.11 Å². The number of hydrogen-bond acceptors (Lipinski definition) is 3. The molecule has 84 valence electrons. The predicted octanol–water partition coefficient (Wildman–Crippen LogP) is 2.21. The van der Waals surface area contributed by atoms with Gasteiger partial charge in [-0.2, -0.15) is 0 Å². The van der Waals surface area contributed by atoms with Crippen molar-refractivity contribution in [1.29, 1.82) is 0 Å². The number of rotatable bonds is 3. The minimum atomic E-state index is -0.241. The average Bonchev–Trinajstić information content (AvgIpc) is 2.13. The molecule has 0 heterocycles. The minimum absolute atomic E-state index is 0.169. The van der Waals surface area contributed by atoms with Gasteiger partial charge < -0.3 is 15.6 Å². The SMILES string of the molecule is CC(C)(C)OC(CN)c1cccc(O)c1. The quantitative estimate of drug-likeness (QED) is 0.802. The third-order valence-electron chi connectivity index (χ3n) is 1.95. The number of nitrogens with two attached hydrogens (primary N) is 1. The molecule has 0 radical (unpaired) electrons. The predicted molar refractivity (Wildman–Crippen MR) is 60.7 cm³/mol. The van der Waals surface area contributed by atoms with E-state index < -0.39 is 0 Å². The monoisotopic (exact) mass is 209 g/mol. The Bertz CT molecular complexity index is 318. The van der Waals surface area contributed by atoms with Gasteiger partial charge in [0.05, 0.1) is 11.7 Å². The van der Waals surface area contributed by atoms with Crippen molar-refractivity contribution in [3.63, 3.8) is 0 Å². The zero-order chi connectivity index (χ0) is 11.5. The van der Waals surface area contributed by atoms with Crippen LogP contribution in [0.5, 0.6) is 5.75 Å². The van der Waals surface area contributed by atoms with Crippen LogP contribution < -0.4 is 5.73 Å². The fraction of sp³-hybridized carbons (Fsp3) is 0.500. The van der Waals surface area contributed by atoms with Crippen LogP contribution >= 0.6 is 0 Å². The molecule has 0 fully saturated rings. The van der Waals surface area contributed by atoms with Crippen LogP contribution in [0.3, 0.4) is 0 Å². The molecule has 0 amide bonds. The molecule has 0 aliphatic heterocycles. The van der Waals surface area contributed by atoms with E-state index in [0.717, 1.165) is 5.56 Å². The molecule has 1 unspecified atom stereocenters. The molecule has 0 bridgehead atoms. The number of hydrogen-bond donors (Lipinski definition) is 2. The number of aromatic hydroxyl groups is 1. The molecule has 0 aliphatic rings. The molecule has 1 rings (SSSR count). The smallest absolute Gasteiger partial charge is 0.115 e. The third-order valence-corrected chi connectivity index (χ3v) is 1.95. The van der Waals surface area contributed by atoms with Crippen molar-refractivity contribution in [2.45, 2.75) is 32.5 Å². The highest BCUT2D eigenvalue weighted by atomic mass is 16.5. The third kappa shape index (κ3) is 3.90. The average molecular weight is 209 g/mol. The van der Waals surface area contributed by atoms with E-state index in [-0.39, 0.29) is 17.5 Å². The summed E-state index contributed by atoms with van der Waals surface area (Å²) in [6, 6.07) is 7.01. The highest BCUT2D eigenvalue weighted by Crippen LogP contribution is 2.25. The largest absolute Gasteiger partial charge is 0.508 e. The van der Waals surface area contributed by atoms with Crippen molar-refractivity contribution in [3.05, 3.63) is 29.8 Å². The van der Waals surface area contributed by atoms with Crippen LogP contribution in [0.1, 0.15) is 32.4 Å². The second-order valence-electron chi connectivity index (χ2n) is 4.55. The number of ether oxygens (including phenoxy) is 1. The molecule has 0 spiro atoms. The Hall–Kier alpha value is -1.06. The van der Waals surface area contributed by atoms with Crippen molar-refractivity contribution >= 4 is 0 Å².